The minimum Gasteiger partial charge on any atom is -0.397 e. The van der Waals surface area contributed by atoms with Gasteiger partial charge in [-0.3, -0.25) is 4.79 Å². The highest BCUT2D eigenvalue weighted by atomic mass is 16.5. The van der Waals surface area contributed by atoms with Crippen LogP contribution in [0.1, 0.15) is 30.3 Å². The van der Waals surface area contributed by atoms with Crippen molar-refractivity contribution in [2.24, 2.45) is 0 Å². The van der Waals surface area contributed by atoms with E-state index in [9.17, 15) is 4.79 Å². The molecule has 0 saturated carbocycles. The second-order valence-corrected chi connectivity index (χ2v) is 4.57. The van der Waals surface area contributed by atoms with Gasteiger partial charge in [-0.05, 0) is 31.9 Å². The molecule has 1 aromatic rings. The number of hydrogen-bond acceptors (Lipinski definition) is 4. The Morgan fingerprint density at radius 3 is 2.88 bits per heavy atom. The van der Waals surface area contributed by atoms with E-state index in [0.717, 1.165) is 12.8 Å². The minimum atomic E-state index is -0.223. The van der Waals surface area contributed by atoms with Crippen LogP contribution in [0.4, 0.5) is 5.69 Å². The summed E-state index contributed by atoms with van der Waals surface area (Å²) in [6.07, 6.45) is 3.19. The topological polar surface area (TPSA) is 77.2 Å². The summed E-state index contributed by atoms with van der Waals surface area (Å²) in [5.41, 5.74) is 6.19. The van der Waals surface area contributed by atoms with Crippen LogP contribution in [-0.2, 0) is 4.74 Å². The number of anilines is 1. The van der Waals surface area contributed by atoms with Gasteiger partial charge in [-0.1, -0.05) is 0 Å². The number of hydrogen-bond donors (Lipinski definition) is 2. The molecular weight excluding hydrogens is 218 g/mol. The van der Waals surface area contributed by atoms with Crippen LogP contribution in [0.25, 0.3) is 0 Å². The predicted molar refractivity (Wildman–Crippen MR) is 64.6 cm³/mol. The van der Waals surface area contributed by atoms with Gasteiger partial charge in [0.15, 0.2) is 5.69 Å². The molecule has 0 spiro atoms. The zero-order chi connectivity index (χ0) is 12.3. The zero-order valence-corrected chi connectivity index (χ0v) is 9.90. The molecule has 0 unspecified atom stereocenters. The SMILES string of the molecule is CC1(NC(=O)c2ncccc2N)CCOCC1. The van der Waals surface area contributed by atoms with Gasteiger partial charge in [0.25, 0.3) is 5.91 Å². The van der Waals surface area contributed by atoms with Gasteiger partial charge in [-0.25, -0.2) is 4.98 Å². The van der Waals surface area contributed by atoms with E-state index in [4.69, 9.17) is 10.5 Å². The average Bonchev–Trinajstić information content (AvgIpc) is 2.29. The van der Waals surface area contributed by atoms with Crippen LogP contribution in [0.3, 0.4) is 0 Å². The van der Waals surface area contributed by atoms with E-state index in [1.165, 1.54) is 0 Å². The summed E-state index contributed by atoms with van der Waals surface area (Å²) >= 11 is 0. The number of carbonyl (C=O) groups is 1. The van der Waals surface area contributed by atoms with Gasteiger partial charge in [-0.2, -0.15) is 0 Å². The van der Waals surface area contributed by atoms with Crippen molar-refractivity contribution in [3.8, 4) is 0 Å². The number of carbonyl (C=O) groups excluding carboxylic acids is 1. The van der Waals surface area contributed by atoms with Crippen molar-refractivity contribution >= 4 is 11.6 Å². The Morgan fingerprint density at radius 2 is 2.24 bits per heavy atom. The maximum absolute atomic E-state index is 12.0. The number of rotatable bonds is 2. The van der Waals surface area contributed by atoms with Crippen molar-refractivity contribution in [2.45, 2.75) is 25.3 Å². The Bertz CT molecular complexity index is 414. The maximum Gasteiger partial charge on any atom is 0.272 e. The molecule has 92 valence electrons. The molecule has 1 saturated heterocycles. The number of nitrogens with zero attached hydrogens (tertiary/aromatic N) is 1. The fourth-order valence-corrected chi connectivity index (χ4v) is 1.89. The van der Waals surface area contributed by atoms with Gasteiger partial charge in [0.05, 0.1) is 5.69 Å². The molecule has 5 nitrogen and oxygen atoms in total. The predicted octanol–water partition coefficient (Wildman–Crippen LogP) is 0.963. The summed E-state index contributed by atoms with van der Waals surface area (Å²) in [6.45, 7) is 3.37. The number of amides is 1. The van der Waals surface area contributed by atoms with Gasteiger partial charge in [0.1, 0.15) is 0 Å². The molecule has 0 atom stereocenters. The standard InChI is InChI=1S/C12H17N3O2/c1-12(4-7-17-8-5-12)15-11(16)10-9(13)3-2-6-14-10/h2-3,6H,4-5,7-8,13H2,1H3,(H,15,16). The van der Waals surface area contributed by atoms with E-state index in [1.54, 1.807) is 18.3 Å². The van der Waals surface area contributed by atoms with Crippen LogP contribution >= 0.6 is 0 Å². The Morgan fingerprint density at radius 1 is 1.53 bits per heavy atom. The van der Waals surface area contributed by atoms with Crippen LogP contribution in [0.15, 0.2) is 18.3 Å². The summed E-state index contributed by atoms with van der Waals surface area (Å²) in [4.78, 5) is 16.1. The Hall–Kier alpha value is -1.62. The van der Waals surface area contributed by atoms with Crippen LogP contribution in [0.5, 0.6) is 0 Å². The number of aromatic nitrogens is 1. The molecule has 0 aromatic carbocycles. The first kappa shape index (κ1) is 11.9. The molecule has 5 heteroatoms. The fourth-order valence-electron chi connectivity index (χ4n) is 1.89. The van der Waals surface area contributed by atoms with Crippen molar-refractivity contribution < 1.29 is 9.53 Å². The second-order valence-electron chi connectivity index (χ2n) is 4.57. The quantitative estimate of drug-likeness (QED) is 0.800. The molecule has 1 amide bonds. The van der Waals surface area contributed by atoms with E-state index in [-0.39, 0.29) is 11.4 Å². The van der Waals surface area contributed by atoms with Gasteiger partial charge in [0, 0.05) is 24.9 Å². The van der Waals surface area contributed by atoms with Gasteiger partial charge >= 0.3 is 0 Å². The number of nitrogens with one attached hydrogen (secondary N) is 1. The highest BCUT2D eigenvalue weighted by molar-refractivity contribution is 5.97. The third-order valence-corrected chi connectivity index (χ3v) is 3.07. The van der Waals surface area contributed by atoms with Crippen LogP contribution in [-0.4, -0.2) is 29.6 Å². The summed E-state index contributed by atoms with van der Waals surface area (Å²) in [5.74, 6) is -0.215. The van der Waals surface area contributed by atoms with Crippen LogP contribution in [0, 0.1) is 0 Å². The lowest BCUT2D eigenvalue weighted by Gasteiger charge is -2.34. The lowest BCUT2D eigenvalue weighted by molar-refractivity contribution is 0.0421. The number of ether oxygens (including phenoxy) is 1. The zero-order valence-electron chi connectivity index (χ0n) is 9.90. The van der Waals surface area contributed by atoms with Crippen molar-refractivity contribution in [3.05, 3.63) is 24.0 Å². The van der Waals surface area contributed by atoms with E-state index in [0.29, 0.717) is 24.6 Å². The molecule has 0 radical (unpaired) electrons. The second kappa shape index (κ2) is 4.71. The molecule has 1 aliphatic rings. The van der Waals surface area contributed by atoms with E-state index in [1.807, 2.05) is 6.92 Å². The van der Waals surface area contributed by atoms with Gasteiger partial charge < -0.3 is 15.8 Å². The number of pyridine rings is 1. The van der Waals surface area contributed by atoms with Crippen LogP contribution in [0.2, 0.25) is 0 Å². The maximum atomic E-state index is 12.0. The van der Waals surface area contributed by atoms with Crippen molar-refractivity contribution in [2.75, 3.05) is 18.9 Å². The Balaban J connectivity index is 2.09. The molecule has 0 aliphatic carbocycles. The lowest BCUT2D eigenvalue weighted by atomic mass is 9.92. The van der Waals surface area contributed by atoms with Gasteiger partial charge in [-0.15, -0.1) is 0 Å². The third-order valence-electron chi connectivity index (χ3n) is 3.07. The summed E-state index contributed by atoms with van der Waals surface area (Å²) in [5, 5.41) is 2.99. The third kappa shape index (κ3) is 2.74. The van der Waals surface area contributed by atoms with E-state index < -0.39 is 0 Å². The first-order valence-electron chi connectivity index (χ1n) is 5.71. The number of nitrogens with two attached hydrogens (primary N) is 1. The summed E-state index contributed by atoms with van der Waals surface area (Å²) < 4.78 is 5.28. The first-order valence-corrected chi connectivity index (χ1v) is 5.71. The molecule has 1 aliphatic heterocycles. The summed E-state index contributed by atoms with van der Waals surface area (Å²) in [6, 6.07) is 3.39. The molecule has 1 aromatic heterocycles. The van der Waals surface area contributed by atoms with Crippen molar-refractivity contribution in [1.82, 2.24) is 10.3 Å². The van der Waals surface area contributed by atoms with Gasteiger partial charge in [0.2, 0.25) is 0 Å². The monoisotopic (exact) mass is 235 g/mol. The highest BCUT2D eigenvalue weighted by Crippen LogP contribution is 2.20. The molecule has 3 N–H and O–H groups in total. The summed E-state index contributed by atoms with van der Waals surface area (Å²) in [7, 11) is 0. The normalized spacial score (nSPS) is 18.6. The smallest absolute Gasteiger partial charge is 0.272 e. The molecule has 1 fully saturated rings. The minimum absolute atomic E-state index is 0.215. The highest BCUT2D eigenvalue weighted by Gasteiger charge is 2.30. The van der Waals surface area contributed by atoms with E-state index in [2.05, 4.69) is 10.3 Å². The van der Waals surface area contributed by atoms with Crippen LogP contribution < -0.4 is 11.1 Å². The molecule has 2 heterocycles. The molecule has 0 bridgehead atoms. The van der Waals surface area contributed by atoms with E-state index >= 15 is 0 Å². The Labute approximate surface area is 100 Å². The number of nitrogen functional groups attached to an aromatic ring is 1. The largest absolute Gasteiger partial charge is 0.397 e. The first-order chi connectivity index (χ1) is 8.11. The average molecular weight is 235 g/mol. The van der Waals surface area contributed by atoms with Crippen molar-refractivity contribution in [1.29, 1.82) is 0 Å². The molecule has 2 rings (SSSR count). The lowest BCUT2D eigenvalue weighted by Crippen LogP contribution is -2.49. The Kier molecular flexibility index (Phi) is 3.28. The fraction of sp³-hybridized carbons (Fsp3) is 0.500. The molecular formula is C12H17N3O2. The van der Waals surface area contributed by atoms with Crippen molar-refractivity contribution in [3.63, 3.8) is 0 Å². The molecule has 17 heavy (non-hydrogen) atoms.